The maximum absolute atomic E-state index is 10.7. The summed E-state index contributed by atoms with van der Waals surface area (Å²) in [4.78, 5) is 10.2. The Bertz CT molecular complexity index is 797. The summed E-state index contributed by atoms with van der Waals surface area (Å²) in [5, 5.41) is 18.2. The van der Waals surface area contributed by atoms with Crippen LogP contribution < -0.4 is 10.7 Å². The highest BCUT2D eigenvalue weighted by Crippen LogP contribution is 2.23. The van der Waals surface area contributed by atoms with Crippen LogP contribution in [0, 0.1) is 10.1 Å². The third-order valence-electron chi connectivity index (χ3n) is 3.86. The fourth-order valence-corrected chi connectivity index (χ4v) is 2.67. The van der Waals surface area contributed by atoms with Crippen LogP contribution in [0.1, 0.15) is 18.6 Å². The average molecular weight is 374 g/mol. The molecule has 1 unspecified atom stereocenters. The first-order valence-corrected chi connectivity index (χ1v) is 8.56. The minimum Gasteiger partial charge on any atom is -0.455 e. The maximum Gasteiger partial charge on any atom is 0.269 e. The topological polar surface area (TPSA) is 102 Å². The van der Waals surface area contributed by atoms with Crippen LogP contribution in [-0.4, -0.2) is 35.5 Å². The zero-order chi connectivity index (χ0) is 18.4. The molecule has 2 aromatic rings. The van der Waals surface area contributed by atoms with E-state index in [0.717, 1.165) is 25.0 Å². The van der Waals surface area contributed by atoms with Gasteiger partial charge in [0.1, 0.15) is 11.5 Å². The number of hydrogen-bond acceptors (Lipinski definition) is 6. The fourth-order valence-electron chi connectivity index (χ4n) is 2.53. The summed E-state index contributed by atoms with van der Waals surface area (Å²) in [7, 11) is 0. The molecule has 2 N–H and O–H groups in total. The molecule has 136 valence electrons. The molecule has 9 heteroatoms. The summed E-state index contributed by atoms with van der Waals surface area (Å²) in [6, 6.07) is 9.68. The smallest absolute Gasteiger partial charge is 0.269 e. The van der Waals surface area contributed by atoms with Crippen molar-refractivity contribution in [3.63, 3.8) is 0 Å². The second-order valence-electron chi connectivity index (χ2n) is 5.72. The van der Waals surface area contributed by atoms with Crippen molar-refractivity contribution >= 4 is 29.2 Å². The van der Waals surface area contributed by atoms with Gasteiger partial charge in [-0.15, -0.1) is 0 Å². The molecule has 1 aliphatic heterocycles. The molecule has 26 heavy (non-hydrogen) atoms. The van der Waals surface area contributed by atoms with Crippen molar-refractivity contribution in [1.82, 2.24) is 10.7 Å². The van der Waals surface area contributed by atoms with E-state index in [2.05, 4.69) is 15.8 Å². The molecular weight excluding hydrogens is 356 g/mol. The molecule has 1 fully saturated rings. The van der Waals surface area contributed by atoms with Gasteiger partial charge in [0.05, 0.1) is 17.2 Å². The number of ether oxygens (including phenoxy) is 1. The van der Waals surface area contributed by atoms with Crippen molar-refractivity contribution in [3.8, 4) is 11.3 Å². The summed E-state index contributed by atoms with van der Waals surface area (Å²) in [6.07, 6.45) is 3.83. The minimum atomic E-state index is -0.439. The molecule has 0 aliphatic carbocycles. The first-order valence-electron chi connectivity index (χ1n) is 8.15. The van der Waals surface area contributed by atoms with Gasteiger partial charge in [0, 0.05) is 30.8 Å². The molecule has 1 aromatic heterocycles. The first-order chi connectivity index (χ1) is 12.6. The molecule has 3 rings (SSSR count). The Hall–Kier alpha value is -2.78. The number of thiocarbonyl (C=S) groups is 1. The van der Waals surface area contributed by atoms with E-state index in [0.29, 0.717) is 23.2 Å². The highest BCUT2D eigenvalue weighted by atomic mass is 32.1. The molecule has 1 aliphatic rings. The lowest BCUT2D eigenvalue weighted by atomic mass is 10.1. The second-order valence-corrected chi connectivity index (χ2v) is 6.13. The summed E-state index contributed by atoms with van der Waals surface area (Å²) >= 11 is 5.14. The van der Waals surface area contributed by atoms with Crippen LogP contribution in [-0.2, 0) is 4.74 Å². The Morgan fingerprint density at radius 1 is 1.35 bits per heavy atom. The summed E-state index contributed by atoms with van der Waals surface area (Å²) < 4.78 is 11.2. The molecule has 0 amide bonds. The zero-order valence-corrected chi connectivity index (χ0v) is 14.7. The van der Waals surface area contributed by atoms with Gasteiger partial charge >= 0.3 is 0 Å². The second kappa shape index (κ2) is 8.54. The van der Waals surface area contributed by atoms with E-state index in [4.69, 9.17) is 21.4 Å². The average Bonchev–Trinajstić information content (AvgIpc) is 3.32. The van der Waals surface area contributed by atoms with Crippen molar-refractivity contribution in [3.05, 3.63) is 52.3 Å². The number of nitro benzene ring substituents is 1. The van der Waals surface area contributed by atoms with E-state index in [1.54, 1.807) is 24.3 Å². The van der Waals surface area contributed by atoms with Gasteiger partial charge in [0.15, 0.2) is 5.11 Å². The van der Waals surface area contributed by atoms with E-state index >= 15 is 0 Å². The quantitative estimate of drug-likeness (QED) is 0.347. The van der Waals surface area contributed by atoms with E-state index in [9.17, 15) is 10.1 Å². The lowest BCUT2D eigenvalue weighted by Crippen LogP contribution is -2.37. The Morgan fingerprint density at radius 2 is 2.15 bits per heavy atom. The fraction of sp³-hybridized carbons (Fsp3) is 0.294. The van der Waals surface area contributed by atoms with E-state index in [1.807, 2.05) is 0 Å². The Labute approximate surface area is 155 Å². The van der Waals surface area contributed by atoms with Crippen LogP contribution >= 0.6 is 12.2 Å². The molecule has 0 saturated carbocycles. The number of benzene rings is 1. The molecule has 8 nitrogen and oxygen atoms in total. The molecular formula is C17H18N4O4S. The van der Waals surface area contributed by atoms with Crippen molar-refractivity contribution in [2.45, 2.75) is 18.9 Å². The molecule has 0 spiro atoms. The van der Waals surface area contributed by atoms with Crippen LogP contribution in [0.5, 0.6) is 0 Å². The number of nitrogens with one attached hydrogen (secondary N) is 2. The van der Waals surface area contributed by atoms with Gasteiger partial charge in [-0.1, -0.05) is 0 Å². The summed E-state index contributed by atoms with van der Waals surface area (Å²) in [5.74, 6) is 1.13. The maximum atomic E-state index is 10.7. The number of furan rings is 1. The van der Waals surface area contributed by atoms with E-state index < -0.39 is 4.92 Å². The van der Waals surface area contributed by atoms with Crippen LogP contribution in [0.2, 0.25) is 0 Å². The number of non-ortho nitro benzene ring substituents is 1. The highest BCUT2D eigenvalue weighted by molar-refractivity contribution is 7.80. The van der Waals surface area contributed by atoms with Crippen molar-refractivity contribution in [1.29, 1.82) is 0 Å². The molecule has 1 saturated heterocycles. The predicted molar refractivity (Wildman–Crippen MR) is 101 cm³/mol. The van der Waals surface area contributed by atoms with E-state index in [1.165, 1.54) is 18.3 Å². The molecule has 2 heterocycles. The largest absolute Gasteiger partial charge is 0.455 e. The van der Waals surface area contributed by atoms with Crippen molar-refractivity contribution in [2.75, 3.05) is 13.2 Å². The monoisotopic (exact) mass is 374 g/mol. The zero-order valence-electron chi connectivity index (χ0n) is 13.9. The lowest BCUT2D eigenvalue weighted by Gasteiger charge is -2.11. The summed E-state index contributed by atoms with van der Waals surface area (Å²) in [6.45, 7) is 1.46. The van der Waals surface area contributed by atoms with Crippen LogP contribution in [0.25, 0.3) is 11.3 Å². The van der Waals surface area contributed by atoms with Crippen molar-refractivity contribution in [2.24, 2.45) is 5.10 Å². The number of hydrogen-bond donors (Lipinski definition) is 2. The van der Waals surface area contributed by atoms with Crippen molar-refractivity contribution < 1.29 is 14.1 Å². The lowest BCUT2D eigenvalue weighted by molar-refractivity contribution is -0.384. The van der Waals surface area contributed by atoms with Crippen LogP contribution in [0.15, 0.2) is 45.9 Å². The Balaban J connectivity index is 1.50. The normalized spacial score (nSPS) is 16.7. The Morgan fingerprint density at radius 3 is 2.85 bits per heavy atom. The third-order valence-corrected chi connectivity index (χ3v) is 4.10. The van der Waals surface area contributed by atoms with Gasteiger partial charge in [-0.2, -0.15) is 5.10 Å². The first kappa shape index (κ1) is 18.0. The SMILES string of the molecule is O=[N+]([O-])c1ccc(-c2ccc(/C=N/NC(=S)NCC3CCCO3)o2)cc1. The van der Waals surface area contributed by atoms with Gasteiger partial charge in [-0.05, 0) is 49.3 Å². The number of nitro groups is 1. The van der Waals surface area contributed by atoms with Gasteiger partial charge in [0.25, 0.3) is 5.69 Å². The predicted octanol–water partition coefficient (Wildman–Crippen LogP) is 2.83. The van der Waals surface area contributed by atoms with Gasteiger partial charge in [-0.3, -0.25) is 15.5 Å². The molecule has 1 atom stereocenters. The van der Waals surface area contributed by atoms with Crippen LogP contribution in [0.4, 0.5) is 5.69 Å². The molecule has 0 bridgehead atoms. The number of hydrazone groups is 1. The highest BCUT2D eigenvalue weighted by Gasteiger charge is 2.15. The van der Waals surface area contributed by atoms with Crippen LogP contribution in [0.3, 0.4) is 0 Å². The van der Waals surface area contributed by atoms with Gasteiger partial charge < -0.3 is 14.5 Å². The Kier molecular flexibility index (Phi) is 5.92. The van der Waals surface area contributed by atoms with E-state index in [-0.39, 0.29) is 11.8 Å². The minimum absolute atomic E-state index is 0.0373. The standard InChI is InChI=1S/C17H18N4O4S/c22-21(23)13-5-3-12(4-6-13)16-8-7-15(25-16)11-19-20-17(26)18-10-14-2-1-9-24-14/h3-8,11,14H,1-2,9-10H2,(H2,18,20,26)/b19-11+. The summed E-state index contributed by atoms with van der Waals surface area (Å²) in [5.41, 5.74) is 3.51. The van der Waals surface area contributed by atoms with Gasteiger partial charge in [0.2, 0.25) is 0 Å². The third kappa shape index (κ3) is 4.87. The molecule has 1 aromatic carbocycles. The number of rotatable bonds is 6. The molecule has 0 radical (unpaired) electrons. The number of nitrogens with zero attached hydrogens (tertiary/aromatic N) is 2. The van der Waals surface area contributed by atoms with Gasteiger partial charge in [-0.25, -0.2) is 0 Å².